The minimum atomic E-state index is -1.08. The number of benzene rings is 2. The topological polar surface area (TPSA) is 145 Å². The fourth-order valence-electron chi connectivity index (χ4n) is 3.40. The van der Waals surface area contributed by atoms with Crippen LogP contribution in [0.1, 0.15) is 88.8 Å². The molecule has 0 aliphatic rings. The van der Waals surface area contributed by atoms with Crippen LogP contribution < -0.4 is 10.2 Å². The number of phenolic OH excluding ortho intramolecular Hbond substituents is 2. The summed E-state index contributed by atoms with van der Waals surface area (Å²) in [6.45, 7) is 19.5. The smallest absolute Gasteiger partial charge is 0.550 e. The van der Waals surface area contributed by atoms with Crippen LogP contribution in [0.15, 0.2) is 34.3 Å². The maximum absolute atomic E-state index is 10.6. The first-order valence-electron chi connectivity index (χ1n) is 12.3. The Bertz CT molecular complexity index is 1060. The summed E-state index contributed by atoms with van der Waals surface area (Å²) >= 11 is 0. The minimum absolute atomic E-state index is 0. The predicted octanol–water partition coefficient (Wildman–Crippen LogP) is 3.36. The van der Waals surface area contributed by atoms with E-state index < -0.39 is 11.9 Å². The van der Waals surface area contributed by atoms with Crippen molar-refractivity contribution >= 4 is 24.4 Å². The van der Waals surface area contributed by atoms with Crippen LogP contribution in [0.3, 0.4) is 0 Å². The summed E-state index contributed by atoms with van der Waals surface area (Å²) in [6, 6.07) is 7.93. The van der Waals surface area contributed by atoms with E-state index in [1.165, 1.54) is 0 Å². The van der Waals surface area contributed by atoms with Gasteiger partial charge in [-0.05, 0) is 61.8 Å². The van der Waals surface area contributed by atoms with Gasteiger partial charge in [-0.2, -0.15) is 0 Å². The Morgan fingerprint density at radius 1 is 0.718 bits per heavy atom. The molecule has 0 heterocycles. The Labute approximate surface area is 243 Å². The van der Waals surface area contributed by atoms with Crippen LogP contribution in [0.25, 0.3) is 0 Å². The number of aryl methyl sites for hydroxylation is 2. The van der Waals surface area contributed by atoms with Gasteiger partial charge in [0.2, 0.25) is 0 Å². The van der Waals surface area contributed by atoms with E-state index in [4.69, 9.17) is 19.8 Å². The van der Waals surface area contributed by atoms with Crippen molar-refractivity contribution in [3.63, 3.8) is 0 Å². The Hall–Kier alpha value is -3.17. The molecular weight excluding hydrogens is 543 g/mol. The summed E-state index contributed by atoms with van der Waals surface area (Å²) in [5, 5.41) is 39.0. The van der Waals surface area contributed by atoms with Crippen LogP contribution in [0.2, 0.25) is 0 Å². The molecule has 0 bridgehead atoms. The molecule has 1 radical (unpaired) electrons. The van der Waals surface area contributed by atoms with Crippen molar-refractivity contribution in [2.24, 2.45) is 9.98 Å². The Kier molecular flexibility index (Phi) is 16.3. The number of carboxylic acids is 2. The first-order valence-corrected chi connectivity index (χ1v) is 12.3. The Balaban J connectivity index is 0. The summed E-state index contributed by atoms with van der Waals surface area (Å²) in [5.41, 5.74) is 5.24. The van der Waals surface area contributed by atoms with Crippen molar-refractivity contribution in [2.45, 2.75) is 80.1 Å². The Morgan fingerprint density at radius 3 is 1.21 bits per heavy atom. The molecular formula is C30H42CoN2O6. The summed E-state index contributed by atoms with van der Waals surface area (Å²) < 4.78 is 0. The van der Waals surface area contributed by atoms with E-state index >= 15 is 0 Å². The number of carboxylic acid groups (broad SMARTS) is 2. The molecule has 0 amide bonds. The van der Waals surface area contributed by atoms with Gasteiger partial charge in [-0.1, -0.05) is 53.7 Å². The zero-order chi connectivity index (χ0) is 29.8. The molecule has 0 saturated heterocycles. The number of phenols is 2. The maximum Gasteiger partial charge on any atom is 2.00 e. The first-order chi connectivity index (χ1) is 17.3. The predicted molar refractivity (Wildman–Crippen MR) is 149 cm³/mol. The van der Waals surface area contributed by atoms with Crippen molar-refractivity contribution in [1.29, 1.82) is 0 Å². The van der Waals surface area contributed by atoms with Gasteiger partial charge < -0.3 is 30.0 Å². The van der Waals surface area contributed by atoms with Gasteiger partial charge >= 0.3 is 16.8 Å². The van der Waals surface area contributed by atoms with Gasteiger partial charge in [0.15, 0.2) is 0 Å². The van der Waals surface area contributed by atoms with E-state index in [9.17, 15) is 10.2 Å². The standard InChI is InChI=1S/C26H36N2O2.2C2H4O2.Co/c1-17-11-19(23(29)21(13-17)25(3,4)5)15-27-9-10-28-16-20-12-18(2)14-22(24(20)30)26(6,7)8;2*1-2(3)4;/h11-16,29-30H,9-10H2,1-8H3;2*1H3,(H,3,4);/q;;;+2/p-2. The average Bonchev–Trinajstić information content (AvgIpc) is 2.72. The molecule has 8 nitrogen and oxygen atoms in total. The molecule has 0 aromatic heterocycles. The van der Waals surface area contributed by atoms with Crippen LogP contribution >= 0.6 is 0 Å². The van der Waals surface area contributed by atoms with Crippen LogP contribution in [0, 0.1) is 13.8 Å². The molecule has 2 rings (SSSR count). The molecule has 217 valence electrons. The molecule has 2 aromatic carbocycles. The second-order valence-electron chi connectivity index (χ2n) is 11.1. The minimum Gasteiger partial charge on any atom is -0.550 e. The molecule has 2 aromatic rings. The number of aromatic hydroxyl groups is 2. The average molecular weight is 586 g/mol. The fourth-order valence-corrected chi connectivity index (χ4v) is 3.40. The quantitative estimate of drug-likeness (QED) is 0.407. The third-order valence-electron chi connectivity index (χ3n) is 5.00. The van der Waals surface area contributed by atoms with Gasteiger partial charge in [0.25, 0.3) is 0 Å². The summed E-state index contributed by atoms with van der Waals surface area (Å²) in [5.74, 6) is -1.58. The largest absolute Gasteiger partial charge is 2.00 e. The van der Waals surface area contributed by atoms with Gasteiger partial charge in [-0.15, -0.1) is 0 Å². The molecule has 39 heavy (non-hydrogen) atoms. The molecule has 0 aliphatic heterocycles. The van der Waals surface area contributed by atoms with Crippen molar-refractivity contribution in [2.75, 3.05) is 13.1 Å². The number of carbonyl (C=O) groups is 2. The Morgan fingerprint density at radius 2 is 0.974 bits per heavy atom. The van der Waals surface area contributed by atoms with Crippen molar-refractivity contribution in [1.82, 2.24) is 0 Å². The van der Waals surface area contributed by atoms with Crippen LogP contribution in [0.5, 0.6) is 11.5 Å². The van der Waals surface area contributed by atoms with Gasteiger partial charge in [-0.3, -0.25) is 9.98 Å². The molecule has 0 spiro atoms. The number of rotatable bonds is 5. The van der Waals surface area contributed by atoms with Crippen LogP contribution in [-0.4, -0.2) is 47.7 Å². The molecule has 0 fully saturated rings. The second-order valence-corrected chi connectivity index (χ2v) is 11.1. The van der Waals surface area contributed by atoms with Crippen molar-refractivity contribution in [3.8, 4) is 11.5 Å². The second kappa shape index (κ2) is 16.7. The van der Waals surface area contributed by atoms with Gasteiger partial charge in [0.05, 0.1) is 13.1 Å². The zero-order valence-electron chi connectivity index (χ0n) is 24.6. The fraction of sp³-hybridized carbons (Fsp3) is 0.467. The SMILES string of the molecule is CC(=O)[O-].CC(=O)[O-].Cc1cc(C=NCCN=Cc2cc(C)cc(C(C)(C)C)c2O)c(O)c(C(C)(C)C)c1.[Co+2]. The zero-order valence-corrected chi connectivity index (χ0v) is 25.7. The van der Waals surface area contributed by atoms with E-state index in [2.05, 4.69) is 51.5 Å². The van der Waals surface area contributed by atoms with Gasteiger partial charge in [0, 0.05) is 46.6 Å². The molecule has 0 aliphatic carbocycles. The van der Waals surface area contributed by atoms with E-state index in [0.717, 1.165) is 47.2 Å². The number of hydrogen-bond acceptors (Lipinski definition) is 8. The van der Waals surface area contributed by atoms with Crippen molar-refractivity contribution in [3.05, 3.63) is 57.6 Å². The third-order valence-corrected chi connectivity index (χ3v) is 5.00. The normalized spacial score (nSPS) is 11.2. The number of aliphatic carboxylic acids is 2. The van der Waals surface area contributed by atoms with E-state index in [1.54, 1.807) is 12.4 Å². The summed E-state index contributed by atoms with van der Waals surface area (Å²) in [7, 11) is 0. The molecule has 0 saturated carbocycles. The number of nitrogens with zero attached hydrogens (tertiary/aromatic N) is 2. The van der Waals surface area contributed by atoms with Crippen molar-refractivity contribution < 1.29 is 46.8 Å². The summed E-state index contributed by atoms with van der Waals surface area (Å²) in [6.07, 6.45) is 3.43. The first kappa shape index (κ1) is 38.0. The van der Waals surface area contributed by atoms with Gasteiger partial charge in [0.1, 0.15) is 11.5 Å². The molecule has 0 atom stereocenters. The molecule has 9 heteroatoms. The number of hydrogen-bond donors (Lipinski definition) is 2. The molecule has 2 N–H and O–H groups in total. The summed E-state index contributed by atoms with van der Waals surface area (Å²) in [4.78, 5) is 26.6. The third kappa shape index (κ3) is 15.1. The van der Waals surface area contributed by atoms with E-state index in [-0.39, 0.29) is 27.6 Å². The van der Waals surface area contributed by atoms with Gasteiger partial charge in [-0.25, -0.2) is 0 Å². The van der Waals surface area contributed by atoms with E-state index in [0.29, 0.717) is 24.6 Å². The van der Waals surface area contributed by atoms with Crippen LogP contribution in [-0.2, 0) is 37.2 Å². The van der Waals surface area contributed by atoms with E-state index in [1.807, 2.05) is 38.1 Å². The molecule has 0 unspecified atom stereocenters. The maximum atomic E-state index is 10.6. The number of aliphatic imine (C=N–C) groups is 2. The number of carbonyl (C=O) groups excluding carboxylic acids is 2. The monoisotopic (exact) mass is 585 g/mol. The van der Waals surface area contributed by atoms with Crippen LogP contribution in [0.4, 0.5) is 0 Å².